The van der Waals surface area contributed by atoms with Crippen molar-refractivity contribution in [2.24, 2.45) is 0 Å². The van der Waals surface area contributed by atoms with Crippen LogP contribution in [0.15, 0.2) is 12.3 Å². The number of anilines is 1. The van der Waals surface area contributed by atoms with Gasteiger partial charge < -0.3 is 5.11 Å². The van der Waals surface area contributed by atoms with Crippen molar-refractivity contribution in [3.63, 3.8) is 0 Å². The van der Waals surface area contributed by atoms with Gasteiger partial charge in [0, 0.05) is 6.04 Å². The molecule has 0 radical (unpaired) electrons. The lowest BCUT2D eigenvalue weighted by Crippen LogP contribution is -2.46. The van der Waals surface area contributed by atoms with E-state index in [1.54, 1.807) is 0 Å². The molecule has 0 unspecified atom stereocenters. The van der Waals surface area contributed by atoms with Crippen LogP contribution in [-0.4, -0.2) is 39.4 Å². The number of nitrogens with zero attached hydrogens (tertiary/aromatic N) is 3. The molecule has 0 saturated carbocycles. The first-order valence-corrected chi connectivity index (χ1v) is 5.11. The molecule has 1 aromatic heterocycles. The molecule has 0 aliphatic carbocycles. The predicted molar refractivity (Wildman–Crippen MR) is 57.7 cm³/mol. The first-order chi connectivity index (χ1) is 8.66. The van der Waals surface area contributed by atoms with Crippen LogP contribution in [0.5, 0.6) is 0 Å². The number of carbonyl (C=O) groups is 2. The van der Waals surface area contributed by atoms with E-state index in [0.29, 0.717) is 0 Å². The Morgan fingerprint density at radius 3 is 2.37 bits per heavy atom. The number of carboxylic acid groups (broad SMARTS) is 1. The van der Waals surface area contributed by atoms with E-state index in [4.69, 9.17) is 5.11 Å². The fourth-order valence-electron chi connectivity index (χ4n) is 1.38. The van der Waals surface area contributed by atoms with Crippen LogP contribution in [0, 0.1) is 0 Å². The minimum absolute atomic E-state index is 0.260. The Hall–Kier alpha value is -2.19. The fraction of sp³-hybridized carbons (Fsp3) is 0.400. The van der Waals surface area contributed by atoms with Crippen molar-refractivity contribution in [3.8, 4) is 0 Å². The Kier molecular flexibility index (Phi) is 4.07. The summed E-state index contributed by atoms with van der Waals surface area (Å²) in [5.41, 5.74) is -0.527. The molecule has 1 heterocycles. The average molecular weight is 277 g/mol. The van der Waals surface area contributed by atoms with Crippen LogP contribution < -0.4 is 4.90 Å². The topological polar surface area (TPSA) is 83.4 Å². The molecule has 0 aliphatic heterocycles. The predicted octanol–water partition coefficient (Wildman–Crippen LogP) is 1.48. The van der Waals surface area contributed by atoms with Crippen LogP contribution in [0.4, 0.5) is 19.0 Å². The third-order valence-corrected chi connectivity index (χ3v) is 2.14. The number of hydrogen-bond acceptors (Lipinski definition) is 4. The number of hydrogen-bond donors (Lipinski definition) is 1. The maximum Gasteiger partial charge on any atom is 0.471 e. The molecule has 1 aromatic rings. The molecule has 19 heavy (non-hydrogen) atoms. The molecule has 0 saturated heterocycles. The third kappa shape index (κ3) is 3.18. The summed E-state index contributed by atoms with van der Waals surface area (Å²) < 4.78 is 37.5. The first-order valence-electron chi connectivity index (χ1n) is 5.11. The highest BCUT2D eigenvalue weighted by molar-refractivity contribution is 6.02. The highest BCUT2D eigenvalue weighted by Crippen LogP contribution is 2.26. The van der Waals surface area contributed by atoms with Crippen molar-refractivity contribution in [2.45, 2.75) is 26.1 Å². The summed E-state index contributed by atoms with van der Waals surface area (Å²) in [6.07, 6.45) is -4.11. The number of aromatic carboxylic acids is 1. The lowest BCUT2D eigenvalue weighted by molar-refractivity contribution is -0.170. The monoisotopic (exact) mass is 277 g/mol. The number of carbonyl (C=O) groups excluding carboxylic acids is 1. The number of rotatable bonds is 3. The summed E-state index contributed by atoms with van der Waals surface area (Å²) in [7, 11) is 0. The lowest BCUT2D eigenvalue weighted by Gasteiger charge is -2.26. The maximum atomic E-state index is 12.5. The van der Waals surface area contributed by atoms with Gasteiger partial charge in [0.05, 0.1) is 6.20 Å². The molecule has 6 nitrogen and oxygen atoms in total. The number of halogens is 3. The second-order valence-electron chi connectivity index (χ2n) is 3.84. The van der Waals surface area contributed by atoms with Gasteiger partial charge >= 0.3 is 18.1 Å². The van der Waals surface area contributed by atoms with Crippen molar-refractivity contribution in [1.82, 2.24) is 10.2 Å². The molecule has 9 heteroatoms. The molecule has 104 valence electrons. The highest BCUT2D eigenvalue weighted by Gasteiger charge is 2.45. The van der Waals surface area contributed by atoms with Crippen molar-refractivity contribution in [1.29, 1.82) is 0 Å². The van der Waals surface area contributed by atoms with Crippen molar-refractivity contribution >= 4 is 17.7 Å². The van der Waals surface area contributed by atoms with Crippen molar-refractivity contribution < 1.29 is 27.9 Å². The summed E-state index contributed by atoms with van der Waals surface area (Å²) in [6, 6.07) is 0.0490. The lowest BCUT2D eigenvalue weighted by atomic mass is 10.2. The molecule has 0 spiro atoms. The number of amides is 1. The Balaban J connectivity index is 3.37. The number of aromatic nitrogens is 2. The summed E-state index contributed by atoms with van der Waals surface area (Å²) in [5, 5.41) is 15.5. The molecule has 1 amide bonds. The van der Waals surface area contributed by atoms with Gasteiger partial charge in [-0.15, -0.1) is 5.10 Å². The standard InChI is InChI=1S/C10H10F3N3O3/c1-5(2)16(9(19)10(11,12)13)7-6(8(17)18)3-4-14-15-7/h3-5H,1-2H3,(H,17,18). The van der Waals surface area contributed by atoms with Gasteiger partial charge in [-0.05, 0) is 19.9 Å². The van der Waals surface area contributed by atoms with Crippen molar-refractivity contribution in [2.75, 3.05) is 4.90 Å². The van der Waals surface area contributed by atoms with Gasteiger partial charge in [-0.3, -0.25) is 9.69 Å². The van der Waals surface area contributed by atoms with Gasteiger partial charge in [-0.2, -0.15) is 18.3 Å². The third-order valence-electron chi connectivity index (χ3n) is 2.14. The molecule has 1 N–H and O–H groups in total. The van der Waals surface area contributed by atoms with E-state index in [2.05, 4.69) is 10.2 Å². The van der Waals surface area contributed by atoms with E-state index in [1.807, 2.05) is 0 Å². The fourth-order valence-corrected chi connectivity index (χ4v) is 1.38. The molecule has 1 rings (SSSR count). The Morgan fingerprint density at radius 1 is 1.37 bits per heavy atom. The summed E-state index contributed by atoms with van der Waals surface area (Å²) >= 11 is 0. The zero-order valence-electron chi connectivity index (χ0n) is 9.97. The number of alkyl halides is 3. The summed E-state index contributed by atoms with van der Waals surface area (Å²) in [6.45, 7) is 2.62. The molecule has 0 fully saturated rings. The second kappa shape index (κ2) is 5.21. The van der Waals surface area contributed by atoms with Gasteiger partial charge in [0.15, 0.2) is 5.82 Å². The highest BCUT2D eigenvalue weighted by atomic mass is 19.4. The van der Waals surface area contributed by atoms with Crippen LogP contribution in [0.1, 0.15) is 24.2 Å². The zero-order valence-corrected chi connectivity index (χ0v) is 9.97. The molecule has 0 aromatic carbocycles. The van der Waals surface area contributed by atoms with E-state index in [1.165, 1.54) is 13.8 Å². The Labute approximate surface area is 105 Å². The molecular weight excluding hydrogens is 267 g/mol. The van der Waals surface area contributed by atoms with Crippen LogP contribution in [0.3, 0.4) is 0 Å². The van der Waals surface area contributed by atoms with Crippen LogP contribution in [0.2, 0.25) is 0 Å². The summed E-state index contributed by atoms with van der Waals surface area (Å²) in [5.74, 6) is -4.32. The first kappa shape index (κ1) is 14.9. The number of carboxylic acids is 1. The van der Waals surface area contributed by atoms with E-state index >= 15 is 0 Å². The van der Waals surface area contributed by atoms with Crippen LogP contribution in [-0.2, 0) is 4.79 Å². The maximum absolute atomic E-state index is 12.5. The summed E-state index contributed by atoms with van der Waals surface area (Å²) in [4.78, 5) is 22.5. The largest absolute Gasteiger partial charge is 0.478 e. The van der Waals surface area contributed by atoms with Gasteiger partial charge in [0.2, 0.25) is 0 Å². The van der Waals surface area contributed by atoms with E-state index in [9.17, 15) is 22.8 Å². The van der Waals surface area contributed by atoms with Crippen LogP contribution >= 0.6 is 0 Å². The van der Waals surface area contributed by atoms with Gasteiger partial charge in [0.1, 0.15) is 5.56 Å². The Morgan fingerprint density at radius 2 is 1.95 bits per heavy atom. The minimum atomic E-state index is -5.13. The van der Waals surface area contributed by atoms with Gasteiger partial charge in [0.25, 0.3) is 0 Å². The van der Waals surface area contributed by atoms with Gasteiger partial charge in [-0.1, -0.05) is 0 Å². The molecule has 0 bridgehead atoms. The normalized spacial score (nSPS) is 11.5. The molecule has 0 aliphatic rings. The van der Waals surface area contributed by atoms with E-state index in [-0.39, 0.29) is 4.90 Å². The smallest absolute Gasteiger partial charge is 0.471 e. The van der Waals surface area contributed by atoms with Crippen LogP contribution in [0.25, 0.3) is 0 Å². The second-order valence-corrected chi connectivity index (χ2v) is 3.84. The van der Waals surface area contributed by atoms with Gasteiger partial charge in [-0.25, -0.2) is 4.79 Å². The SMILES string of the molecule is CC(C)N(C(=O)C(F)(F)F)c1nnccc1C(=O)O. The van der Waals surface area contributed by atoms with E-state index < -0.39 is 35.5 Å². The molecule has 0 atom stereocenters. The van der Waals surface area contributed by atoms with Crippen molar-refractivity contribution in [3.05, 3.63) is 17.8 Å². The quantitative estimate of drug-likeness (QED) is 0.904. The minimum Gasteiger partial charge on any atom is -0.478 e. The zero-order chi connectivity index (χ0) is 14.8. The van der Waals surface area contributed by atoms with E-state index in [0.717, 1.165) is 12.3 Å². The molecular formula is C10H10F3N3O3. The Bertz CT molecular complexity index is 502. The average Bonchev–Trinajstić information content (AvgIpc) is 2.27.